The first-order valence-electron chi connectivity index (χ1n) is 12.0. The molecule has 4 rings (SSSR count). The van der Waals surface area contributed by atoms with E-state index in [-0.39, 0.29) is 28.7 Å². The summed E-state index contributed by atoms with van der Waals surface area (Å²) in [4.78, 5) is 38.9. The maximum atomic E-state index is 14.0. The highest BCUT2D eigenvalue weighted by Gasteiger charge is 2.37. The Kier molecular flexibility index (Phi) is 9.46. The van der Waals surface area contributed by atoms with Crippen molar-refractivity contribution in [1.82, 2.24) is 4.90 Å². The number of imide groups is 1. The molecule has 0 saturated carbocycles. The van der Waals surface area contributed by atoms with Crippen LogP contribution in [0.3, 0.4) is 0 Å². The summed E-state index contributed by atoms with van der Waals surface area (Å²) < 4.78 is 69.9. The summed E-state index contributed by atoms with van der Waals surface area (Å²) >= 11 is 3.97. The lowest BCUT2D eigenvalue weighted by Gasteiger charge is -2.16. The van der Waals surface area contributed by atoms with E-state index in [2.05, 4.69) is 21.2 Å². The van der Waals surface area contributed by atoms with E-state index in [4.69, 9.17) is 14.2 Å². The van der Waals surface area contributed by atoms with Crippen LogP contribution in [-0.4, -0.2) is 42.7 Å². The molecule has 220 valence electrons. The molecule has 0 unspecified atom stereocenters. The van der Waals surface area contributed by atoms with Crippen LogP contribution in [0, 0.1) is 5.82 Å². The molecule has 1 N–H and O–H groups in total. The van der Waals surface area contributed by atoms with Crippen molar-refractivity contribution >= 4 is 56.5 Å². The zero-order valence-corrected chi connectivity index (χ0v) is 24.3. The van der Waals surface area contributed by atoms with Crippen LogP contribution in [0.4, 0.5) is 28.0 Å². The number of nitrogens with zero attached hydrogens (tertiary/aromatic N) is 1. The minimum absolute atomic E-state index is 0.00720. The number of alkyl halides is 3. The summed E-state index contributed by atoms with van der Waals surface area (Å²) in [5, 5.41) is 1.52. The number of amides is 3. The van der Waals surface area contributed by atoms with Crippen molar-refractivity contribution in [3.63, 3.8) is 0 Å². The van der Waals surface area contributed by atoms with E-state index in [0.29, 0.717) is 44.1 Å². The largest absolute Gasteiger partial charge is 0.495 e. The number of benzene rings is 3. The first kappa shape index (κ1) is 30.9. The molecule has 8 nitrogen and oxygen atoms in total. The van der Waals surface area contributed by atoms with Crippen molar-refractivity contribution in [3.05, 3.63) is 86.5 Å². The smallest absolute Gasteiger partial charge is 0.416 e. The van der Waals surface area contributed by atoms with Crippen molar-refractivity contribution < 1.29 is 46.2 Å². The number of hydrogen-bond donors (Lipinski definition) is 1. The van der Waals surface area contributed by atoms with Crippen molar-refractivity contribution in [2.45, 2.75) is 12.8 Å². The second-order valence-corrected chi connectivity index (χ2v) is 10.5. The van der Waals surface area contributed by atoms with Crippen molar-refractivity contribution in [2.24, 2.45) is 0 Å². The second kappa shape index (κ2) is 12.9. The highest BCUT2D eigenvalue weighted by molar-refractivity contribution is 9.10. The second-order valence-electron chi connectivity index (χ2n) is 8.63. The average Bonchev–Trinajstić information content (AvgIpc) is 3.20. The lowest BCUT2D eigenvalue weighted by Crippen LogP contribution is -2.36. The monoisotopic (exact) mass is 668 g/mol. The minimum atomic E-state index is -4.66. The Bertz CT molecular complexity index is 1580. The molecule has 0 bridgehead atoms. The third-order valence-electron chi connectivity index (χ3n) is 5.89. The number of rotatable bonds is 9. The summed E-state index contributed by atoms with van der Waals surface area (Å²) in [6.45, 7) is -0.809. The number of ether oxygens (including phenoxy) is 3. The quantitative estimate of drug-likeness (QED) is 0.196. The maximum absolute atomic E-state index is 14.0. The van der Waals surface area contributed by atoms with Gasteiger partial charge in [-0.1, -0.05) is 34.1 Å². The van der Waals surface area contributed by atoms with Crippen molar-refractivity contribution in [1.29, 1.82) is 0 Å². The van der Waals surface area contributed by atoms with Gasteiger partial charge in [0.25, 0.3) is 11.1 Å². The van der Waals surface area contributed by atoms with Gasteiger partial charge in [0, 0.05) is 10.0 Å². The predicted molar refractivity (Wildman–Crippen MR) is 151 cm³/mol. The average molecular weight is 669 g/mol. The normalized spacial score (nSPS) is 14.4. The number of anilines is 1. The lowest BCUT2D eigenvalue weighted by molar-refractivity contribution is -0.137. The molecule has 0 atom stereocenters. The molecule has 3 aromatic rings. The van der Waals surface area contributed by atoms with Gasteiger partial charge in [-0.15, -0.1) is 0 Å². The first-order chi connectivity index (χ1) is 19.9. The summed E-state index contributed by atoms with van der Waals surface area (Å²) in [6, 6.07) is 11.8. The van der Waals surface area contributed by atoms with E-state index in [9.17, 15) is 31.9 Å². The molecular formula is C28H21BrF4N2O6S. The van der Waals surface area contributed by atoms with E-state index in [1.54, 1.807) is 30.3 Å². The Balaban J connectivity index is 1.49. The summed E-state index contributed by atoms with van der Waals surface area (Å²) in [7, 11) is 2.61. The van der Waals surface area contributed by atoms with Crippen LogP contribution in [0.1, 0.15) is 16.7 Å². The Hall–Kier alpha value is -4.04. The Morgan fingerprint density at radius 2 is 1.74 bits per heavy atom. The third-order valence-corrected chi connectivity index (χ3v) is 7.48. The molecule has 0 aromatic heterocycles. The predicted octanol–water partition coefficient (Wildman–Crippen LogP) is 6.88. The Morgan fingerprint density at radius 1 is 1.02 bits per heavy atom. The molecule has 14 heteroatoms. The Morgan fingerprint density at radius 3 is 2.40 bits per heavy atom. The molecule has 1 fully saturated rings. The molecule has 0 spiro atoms. The molecule has 1 saturated heterocycles. The minimum Gasteiger partial charge on any atom is -0.495 e. The number of thioether (sulfide) groups is 1. The standard InChI is InChI=1S/C28H21BrF4N2O6S/c1-39-21-8-7-17(28(31,32)33)11-20(21)34-25(36)13-35-26(37)24(42-27(35)38)10-16-9-22(40-2)23(12-18(16)29)41-14-15-5-3-4-6-19(15)30/h3-12H,13-14H2,1-2H3,(H,34,36)/b24-10-. The van der Waals surface area contributed by atoms with Crippen LogP contribution >= 0.6 is 27.7 Å². The van der Waals surface area contributed by atoms with Crippen LogP contribution < -0.4 is 19.5 Å². The highest BCUT2D eigenvalue weighted by Crippen LogP contribution is 2.39. The van der Waals surface area contributed by atoms with Gasteiger partial charge < -0.3 is 19.5 Å². The van der Waals surface area contributed by atoms with Gasteiger partial charge >= 0.3 is 6.18 Å². The molecule has 1 aliphatic heterocycles. The number of carbonyl (C=O) groups excluding carboxylic acids is 3. The summed E-state index contributed by atoms with van der Waals surface area (Å²) in [6.07, 6.45) is -3.25. The summed E-state index contributed by atoms with van der Waals surface area (Å²) in [5.41, 5.74) is -0.511. The molecule has 0 radical (unpaired) electrons. The first-order valence-corrected chi connectivity index (χ1v) is 13.6. The van der Waals surface area contributed by atoms with Crippen LogP contribution in [-0.2, 0) is 22.4 Å². The van der Waals surface area contributed by atoms with E-state index >= 15 is 0 Å². The van der Waals surface area contributed by atoms with Crippen molar-refractivity contribution in [2.75, 3.05) is 26.1 Å². The van der Waals surface area contributed by atoms with Crippen LogP contribution in [0.2, 0.25) is 0 Å². The molecule has 1 aliphatic rings. The number of nitrogens with one attached hydrogen (secondary N) is 1. The van der Waals surface area contributed by atoms with Gasteiger partial charge in [0.05, 0.1) is 30.4 Å². The molecule has 1 heterocycles. The molecule has 0 aliphatic carbocycles. The third kappa shape index (κ3) is 7.05. The number of methoxy groups -OCH3 is 2. The van der Waals surface area contributed by atoms with Gasteiger partial charge in [0.15, 0.2) is 11.5 Å². The SMILES string of the molecule is COc1ccc(C(F)(F)F)cc1NC(=O)CN1C(=O)S/C(=C\c2cc(OC)c(OCc3ccccc3F)cc2Br)C1=O. The van der Waals surface area contributed by atoms with E-state index < -0.39 is 41.2 Å². The zero-order valence-electron chi connectivity index (χ0n) is 21.9. The Labute approximate surface area is 249 Å². The maximum Gasteiger partial charge on any atom is 0.416 e. The number of carbonyl (C=O) groups is 3. The molecule has 3 aromatic carbocycles. The van der Waals surface area contributed by atoms with Crippen molar-refractivity contribution in [3.8, 4) is 17.2 Å². The van der Waals surface area contributed by atoms with Gasteiger partial charge in [0.1, 0.15) is 24.7 Å². The fourth-order valence-electron chi connectivity index (χ4n) is 3.80. The number of hydrogen-bond acceptors (Lipinski definition) is 7. The van der Waals surface area contributed by atoms with Gasteiger partial charge in [-0.05, 0) is 59.8 Å². The highest BCUT2D eigenvalue weighted by atomic mass is 79.9. The van der Waals surface area contributed by atoms with Crippen LogP contribution in [0.25, 0.3) is 6.08 Å². The van der Waals surface area contributed by atoms with Crippen LogP contribution in [0.15, 0.2) is 64.0 Å². The molecule has 3 amide bonds. The lowest BCUT2D eigenvalue weighted by atomic mass is 10.1. The zero-order chi connectivity index (χ0) is 30.6. The van der Waals surface area contributed by atoms with Gasteiger partial charge in [-0.3, -0.25) is 19.3 Å². The molecular weight excluding hydrogens is 648 g/mol. The van der Waals surface area contributed by atoms with E-state index in [1.165, 1.54) is 26.4 Å². The number of halogens is 5. The fourth-order valence-corrected chi connectivity index (χ4v) is 5.06. The van der Waals surface area contributed by atoms with Crippen LogP contribution in [0.5, 0.6) is 17.2 Å². The van der Waals surface area contributed by atoms with Gasteiger partial charge in [0.2, 0.25) is 5.91 Å². The van der Waals surface area contributed by atoms with E-state index in [0.717, 1.165) is 12.1 Å². The topological polar surface area (TPSA) is 94.2 Å². The molecule has 42 heavy (non-hydrogen) atoms. The van der Waals surface area contributed by atoms with Gasteiger partial charge in [-0.25, -0.2) is 4.39 Å². The van der Waals surface area contributed by atoms with Gasteiger partial charge in [-0.2, -0.15) is 13.2 Å². The fraction of sp³-hybridized carbons (Fsp3) is 0.179. The van der Waals surface area contributed by atoms with E-state index in [1.807, 2.05) is 0 Å². The summed E-state index contributed by atoms with van der Waals surface area (Å²) in [5.74, 6) is -1.58.